The lowest BCUT2D eigenvalue weighted by Gasteiger charge is -2.18. The van der Waals surface area contributed by atoms with Gasteiger partial charge in [0.1, 0.15) is 0 Å². The van der Waals surface area contributed by atoms with Gasteiger partial charge in [-0.25, -0.2) is 27.2 Å². The summed E-state index contributed by atoms with van der Waals surface area (Å²) in [4.78, 5) is 22.9. The van der Waals surface area contributed by atoms with Crippen LogP contribution in [-0.4, -0.2) is 42.0 Å². The number of halogens is 4. The number of nitrogens with one attached hydrogen (secondary N) is 1. The number of hydrogen-bond acceptors (Lipinski definition) is 2. The number of urea groups is 1. The highest BCUT2D eigenvalue weighted by molar-refractivity contribution is 6.00. The standard InChI is InChI=1S/C11H10F4N2O3/c1-17(4-9(14)15)11(20)16-8-3-7(13)6(12)2-5(8)10(18)19/h2-3,9H,4H2,1H3,(H,16,20)(H,18,19). The Morgan fingerprint density at radius 2 is 1.85 bits per heavy atom. The van der Waals surface area contributed by atoms with Crippen molar-refractivity contribution in [3.63, 3.8) is 0 Å². The molecule has 0 saturated heterocycles. The van der Waals surface area contributed by atoms with E-state index in [0.29, 0.717) is 17.0 Å². The summed E-state index contributed by atoms with van der Waals surface area (Å²) < 4.78 is 50.1. The predicted octanol–water partition coefficient (Wildman–Crippen LogP) is 2.39. The van der Waals surface area contributed by atoms with Gasteiger partial charge in [-0.1, -0.05) is 0 Å². The average molecular weight is 294 g/mol. The van der Waals surface area contributed by atoms with E-state index in [1.165, 1.54) is 0 Å². The summed E-state index contributed by atoms with van der Waals surface area (Å²) in [6.07, 6.45) is -2.78. The van der Waals surface area contributed by atoms with Crippen LogP contribution < -0.4 is 5.32 Å². The minimum Gasteiger partial charge on any atom is -0.478 e. The molecule has 0 saturated carbocycles. The molecule has 0 heterocycles. The highest BCUT2D eigenvalue weighted by atomic mass is 19.3. The molecule has 0 fully saturated rings. The van der Waals surface area contributed by atoms with Gasteiger partial charge < -0.3 is 15.3 Å². The molecule has 9 heteroatoms. The first kappa shape index (κ1) is 15.7. The van der Waals surface area contributed by atoms with E-state index in [0.717, 1.165) is 7.05 Å². The molecule has 0 aliphatic heterocycles. The molecule has 0 aliphatic carbocycles. The Labute approximate surface area is 110 Å². The van der Waals surface area contributed by atoms with Gasteiger partial charge in [0.05, 0.1) is 17.8 Å². The molecule has 5 nitrogen and oxygen atoms in total. The number of anilines is 1. The largest absolute Gasteiger partial charge is 0.478 e. The Bertz CT molecular complexity index is 537. The molecule has 0 aliphatic rings. The molecule has 1 aromatic carbocycles. The molecular weight excluding hydrogens is 284 g/mol. The van der Waals surface area contributed by atoms with E-state index in [-0.39, 0.29) is 0 Å². The third kappa shape index (κ3) is 3.84. The smallest absolute Gasteiger partial charge is 0.337 e. The molecule has 0 bridgehead atoms. The van der Waals surface area contributed by atoms with Gasteiger partial charge in [-0.3, -0.25) is 0 Å². The Hall–Kier alpha value is -2.32. The number of carboxylic acid groups (broad SMARTS) is 1. The van der Waals surface area contributed by atoms with Crippen LogP contribution in [0.2, 0.25) is 0 Å². The second kappa shape index (κ2) is 6.22. The second-order valence-corrected chi connectivity index (χ2v) is 3.82. The van der Waals surface area contributed by atoms with Crippen LogP contribution in [0.25, 0.3) is 0 Å². The summed E-state index contributed by atoms with van der Waals surface area (Å²) >= 11 is 0. The van der Waals surface area contributed by atoms with Crippen molar-refractivity contribution in [2.45, 2.75) is 6.43 Å². The molecule has 1 rings (SSSR count). The first-order chi connectivity index (χ1) is 9.22. The maximum atomic E-state index is 13.0. The maximum absolute atomic E-state index is 13.0. The lowest BCUT2D eigenvalue weighted by Crippen LogP contribution is -2.35. The maximum Gasteiger partial charge on any atom is 0.337 e. The molecular formula is C11H10F4N2O3. The molecule has 110 valence electrons. The van der Waals surface area contributed by atoms with Crippen molar-refractivity contribution in [2.24, 2.45) is 0 Å². The Morgan fingerprint density at radius 3 is 2.35 bits per heavy atom. The number of nitrogens with zero attached hydrogens (tertiary/aromatic N) is 1. The number of alkyl halides is 2. The van der Waals surface area contributed by atoms with Crippen molar-refractivity contribution in [3.8, 4) is 0 Å². The van der Waals surface area contributed by atoms with Crippen molar-refractivity contribution >= 4 is 17.7 Å². The summed E-state index contributed by atoms with van der Waals surface area (Å²) in [5.74, 6) is -4.38. The number of hydrogen-bond donors (Lipinski definition) is 2. The topological polar surface area (TPSA) is 69.6 Å². The normalized spacial score (nSPS) is 10.5. The monoisotopic (exact) mass is 294 g/mol. The van der Waals surface area contributed by atoms with E-state index in [1.54, 1.807) is 0 Å². The fraction of sp³-hybridized carbons (Fsp3) is 0.273. The molecule has 1 aromatic rings. The highest BCUT2D eigenvalue weighted by Gasteiger charge is 2.19. The third-order valence-electron chi connectivity index (χ3n) is 2.29. The first-order valence-electron chi connectivity index (χ1n) is 5.25. The number of benzene rings is 1. The molecule has 0 spiro atoms. The van der Waals surface area contributed by atoms with Crippen molar-refractivity contribution in [1.82, 2.24) is 4.90 Å². The van der Waals surface area contributed by atoms with Gasteiger partial charge in [0.25, 0.3) is 6.43 Å². The van der Waals surface area contributed by atoms with Gasteiger partial charge in [0, 0.05) is 13.1 Å². The number of carbonyl (C=O) groups excluding carboxylic acids is 1. The van der Waals surface area contributed by atoms with Crippen LogP contribution >= 0.6 is 0 Å². The number of carbonyl (C=O) groups is 2. The van der Waals surface area contributed by atoms with Gasteiger partial charge >= 0.3 is 12.0 Å². The van der Waals surface area contributed by atoms with Crippen LogP contribution in [0.4, 0.5) is 28.0 Å². The van der Waals surface area contributed by atoms with Crippen LogP contribution in [0.3, 0.4) is 0 Å². The number of amides is 2. The van der Waals surface area contributed by atoms with E-state index in [1.807, 2.05) is 5.32 Å². The van der Waals surface area contributed by atoms with Crippen LogP contribution in [0.15, 0.2) is 12.1 Å². The summed E-state index contributed by atoms with van der Waals surface area (Å²) in [7, 11) is 1.04. The molecule has 0 aromatic heterocycles. The summed E-state index contributed by atoms with van der Waals surface area (Å²) in [6.45, 7) is -0.891. The van der Waals surface area contributed by atoms with Gasteiger partial charge in [-0.15, -0.1) is 0 Å². The first-order valence-corrected chi connectivity index (χ1v) is 5.25. The van der Waals surface area contributed by atoms with Gasteiger partial charge in [-0.05, 0) is 6.07 Å². The SMILES string of the molecule is CN(CC(F)F)C(=O)Nc1cc(F)c(F)cc1C(=O)O. The fourth-order valence-electron chi connectivity index (χ4n) is 1.33. The fourth-order valence-corrected chi connectivity index (χ4v) is 1.33. The molecule has 20 heavy (non-hydrogen) atoms. The van der Waals surface area contributed by atoms with Crippen LogP contribution in [0.5, 0.6) is 0 Å². The molecule has 0 radical (unpaired) electrons. The summed E-state index contributed by atoms with van der Waals surface area (Å²) in [6, 6.07) is -0.216. The highest BCUT2D eigenvalue weighted by Crippen LogP contribution is 2.20. The molecule has 0 atom stereocenters. The van der Waals surface area contributed by atoms with Gasteiger partial charge in [0.15, 0.2) is 11.6 Å². The average Bonchev–Trinajstić information content (AvgIpc) is 2.32. The van der Waals surface area contributed by atoms with Crippen molar-refractivity contribution in [3.05, 3.63) is 29.3 Å². The second-order valence-electron chi connectivity index (χ2n) is 3.82. The zero-order chi connectivity index (χ0) is 15.4. The van der Waals surface area contributed by atoms with E-state index >= 15 is 0 Å². The van der Waals surface area contributed by atoms with Crippen molar-refractivity contribution in [2.75, 3.05) is 18.9 Å². The number of aromatic carboxylic acids is 1. The van der Waals surface area contributed by atoms with E-state index in [4.69, 9.17) is 5.11 Å². The van der Waals surface area contributed by atoms with Crippen LogP contribution in [-0.2, 0) is 0 Å². The quantitative estimate of drug-likeness (QED) is 0.838. The Balaban J connectivity index is 2.99. The molecule has 2 amide bonds. The van der Waals surface area contributed by atoms with Crippen LogP contribution in [0, 0.1) is 11.6 Å². The lowest BCUT2D eigenvalue weighted by molar-refractivity contribution is 0.0697. The molecule has 2 N–H and O–H groups in total. The van der Waals surface area contributed by atoms with E-state index in [2.05, 4.69) is 0 Å². The predicted molar refractivity (Wildman–Crippen MR) is 61.0 cm³/mol. The van der Waals surface area contributed by atoms with Crippen molar-refractivity contribution < 1.29 is 32.3 Å². The minimum absolute atomic E-state index is 0.389. The zero-order valence-electron chi connectivity index (χ0n) is 10.2. The Kier molecular flexibility index (Phi) is 4.89. The zero-order valence-corrected chi connectivity index (χ0v) is 10.2. The Morgan fingerprint density at radius 1 is 1.30 bits per heavy atom. The van der Waals surface area contributed by atoms with Crippen molar-refractivity contribution in [1.29, 1.82) is 0 Å². The lowest BCUT2D eigenvalue weighted by atomic mass is 10.1. The molecule has 0 unspecified atom stereocenters. The number of carboxylic acids is 1. The van der Waals surface area contributed by atoms with Gasteiger partial charge in [-0.2, -0.15) is 0 Å². The van der Waals surface area contributed by atoms with Crippen LogP contribution in [0.1, 0.15) is 10.4 Å². The third-order valence-corrected chi connectivity index (χ3v) is 2.29. The minimum atomic E-state index is -2.78. The van der Waals surface area contributed by atoms with Gasteiger partial charge in [0.2, 0.25) is 0 Å². The van der Waals surface area contributed by atoms with E-state index in [9.17, 15) is 27.2 Å². The van der Waals surface area contributed by atoms with E-state index < -0.39 is 47.9 Å². The summed E-state index contributed by atoms with van der Waals surface area (Å²) in [5, 5.41) is 10.7. The summed E-state index contributed by atoms with van der Waals surface area (Å²) in [5.41, 5.74) is -1.22. The number of rotatable bonds is 4.